The van der Waals surface area contributed by atoms with Crippen LogP contribution in [0.4, 0.5) is 0 Å². The summed E-state index contributed by atoms with van der Waals surface area (Å²) >= 11 is 0. The maximum atomic E-state index is 13.0. The van der Waals surface area contributed by atoms with Gasteiger partial charge in [-0.1, -0.05) is 69.0 Å². The van der Waals surface area contributed by atoms with Crippen LogP contribution in [0, 0.1) is 5.41 Å². The minimum Gasteiger partial charge on any atom is -0.494 e. The molecule has 0 spiro atoms. The topological polar surface area (TPSA) is 89.5 Å². The number of allylic oxidation sites excluding steroid dienone is 2. The van der Waals surface area contributed by atoms with Crippen molar-refractivity contribution in [3.63, 3.8) is 0 Å². The fraction of sp³-hybridized carbons (Fsp3) is 0.362. The average molecular weight is 747 g/mol. The summed E-state index contributed by atoms with van der Waals surface area (Å²) in [6.07, 6.45) is 11.8. The first-order chi connectivity index (χ1) is 26.8. The predicted molar refractivity (Wildman–Crippen MR) is 217 cm³/mol. The van der Waals surface area contributed by atoms with E-state index in [0.29, 0.717) is 66.6 Å². The Hall–Kier alpha value is -5.34. The van der Waals surface area contributed by atoms with Crippen LogP contribution in [0.25, 0.3) is 11.1 Å². The van der Waals surface area contributed by atoms with Gasteiger partial charge in [-0.15, -0.1) is 13.2 Å². The first-order valence-electron chi connectivity index (χ1n) is 19.4. The molecular formula is C47H54O8. The maximum Gasteiger partial charge on any atom is 0.343 e. The molecule has 290 valence electrons. The molecule has 1 fully saturated rings. The molecule has 4 aromatic carbocycles. The van der Waals surface area contributed by atoms with Gasteiger partial charge in [-0.3, -0.25) is 4.79 Å². The van der Waals surface area contributed by atoms with Gasteiger partial charge in [-0.05, 0) is 104 Å². The van der Waals surface area contributed by atoms with Gasteiger partial charge < -0.3 is 28.4 Å². The Morgan fingerprint density at radius 3 is 1.55 bits per heavy atom. The molecule has 1 aliphatic heterocycles. The minimum atomic E-state index is -0.492. The van der Waals surface area contributed by atoms with Gasteiger partial charge in [0, 0.05) is 18.1 Å². The predicted octanol–water partition coefficient (Wildman–Crippen LogP) is 10.6. The lowest BCUT2D eigenvalue weighted by atomic mass is 9.84. The summed E-state index contributed by atoms with van der Waals surface area (Å²) in [5, 5.41) is 0. The van der Waals surface area contributed by atoms with Gasteiger partial charge in [0.25, 0.3) is 0 Å². The molecule has 0 radical (unpaired) electrons. The summed E-state index contributed by atoms with van der Waals surface area (Å²) in [6.45, 7) is 14.7. The Balaban J connectivity index is 0.938. The summed E-state index contributed by atoms with van der Waals surface area (Å²) in [7, 11) is 0. The molecule has 0 aromatic heterocycles. The standard InChI is InChI=1S/C47H54O8/c1-5-14-39-31-45(40(15-6-2)30-44(39)54-35(4)48)55-46(49)38-20-26-42(27-21-38)52-29-13-11-9-8-10-12-28-51-41-22-16-36(17-23-41)37-18-24-43(25-19-37)53-34-47(7-3)32-50-33-47/h5-6,16-27,30-31H,1-2,7-15,28-29,32-34H2,3-4H3. The molecule has 0 aliphatic carbocycles. The highest BCUT2D eigenvalue weighted by Gasteiger charge is 2.37. The monoisotopic (exact) mass is 746 g/mol. The van der Waals surface area contributed by atoms with E-state index in [0.717, 1.165) is 80.8 Å². The SMILES string of the molecule is C=CCc1cc(OC(=O)c2ccc(OCCCCCCCCOc3ccc(-c4ccc(OCC5(CC)COC5)cc4)cc3)cc2)c(CC=C)cc1OC(C)=O. The van der Waals surface area contributed by atoms with Crippen molar-refractivity contribution in [2.24, 2.45) is 5.41 Å². The maximum absolute atomic E-state index is 13.0. The zero-order valence-corrected chi connectivity index (χ0v) is 32.3. The number of benzene rings is 4. The Morgan fingerprint density at radius 1 is 0.655 bits per heavy atom. The van der Waals surface area contributed by atoms with Gasteiger partial charge in [0.2, 0.25) is 0 Å². The van der Waals surface area contributed by atoms with Gasteiger partial charge in [0.05, 0.1) is 44.0 Å². The van der Waals surface area contributed by atoms with Gasteiger partial charge in [-0.25, -0.2) is 4.79 Å². The largest absolute Gasteiger partial charge is 0.494 e. The van der Waals surface area contributed by atoms with E-state index in [1.54, 1.807) is 48.6 Å². The van der Waals surface area contributed by atoms with Crippen LogP contribution in [-0.4, -0.2) is 45.0 Å². The lowest BCUT2D eigenvalue weighted by Gasteiger charge is -2.40. The fourth-order valence-corrected chi connectivity index (χ4v) is 6.26. The van der Waals surface area contributed by atoms with Gasteiger partial charge >= 0.3 is 11.9 Å². The highest BCUT2D eigenvalue weighted by atomic mass is 16.5. The van der Waals surface area contributed by atoms with Crippen LogP contribution in [-0.2, 0) is 22.4 Å². The van der Waals surface area contributed by atoms with E-state index in [9.17, 15) is 9.59 Å². The number of unbranched alkanes of at least 4 members (excludes halogenated alkanes) is 5. The second-order valence-corrected chi connectivity index (χ2v) is 14.1. The second kappa shape index (κ2) is 20.9. The normalized spacial score (nSPS) is 12.9. The van der Waals surface area contributed by atoms with Gasteiger partial charge in [-0.2, -0.15) is 0 Å². The van der Waals surface area contributed by atoms with E-state index in [1.165, 1.54) is 6.92 Å². The third-order valence-corrected chi connectivity index (χ3v) is 9.75. The molecule has 0 atom stereocenters. The van der Waals surface area contributed by atoms with Gasteiger partial charge in [0.15, 0.2) is 0 Å². The molecule has 4 aromatic rings. The summed E-state index contributed by atoms with van der Waals surface area (Å²) in [4.78, 5) is 24.6. The first-order valence-corrected chi connectivity index (χ1v) is 19.4. The van der Waals surface area contributed by atoms with Crippen molar-refractivity contribution in [1.82, 2.24) is 0 Å². The van der Waals surface area contributed by atoms with E-state index < -0.39 is 11.9 Å². The molecule has 55 heavy (non-hydrogen) atoms. The second-order valence-electron chi connectivity index (χ2n) is 14.1. The molecule has 0 amide bonds. The van der Waals surface area contributed by atoms with Crippen molar-refractivity contribution in [3.8, 4) is 39.9 Å². The zero-order valence-electron chi connectivity index (χ0n) is 32.3. The molecule has 0 bridgehead atoms. The Labute approximate surface area is 326 Å². The summed E-state index contributed by atoms with van der Waals surface area (Å²) in [6, 6.07) is 26.9. The third kappa shape index (κ3) is 12.3. The number of carbonyl (C=O) groups is 2. The molecule has 5 rings (SSSR count). The Bertz CT molecular complexity index is 1830. The van der Waals surface area contributed by atoms with Crippen LogP contribution in [0.15, 0.2) is 110 Å². The van der Waals surface area contributed by atoms with Crippen molar-refractivity contribution in [3.05, 3.63) is 127 Å². The lowest BCUT2D eigenvalue weighted by molar-refractivity contribution is -0.133. The number of carbonyl (C=O) groups excluding carboxylic acids is 2. The molecular weight excluding hydrogens is 693 g/mol. The van der Waals surface area contributed by atoms with Crippen LogP contribution in [0.5, 0.6) is 28.7 Å². The van der Waals surface area contributed by atoms with Crippen LogP contribution < -0.4 is 23.7 Å². The number of hydrogen-bond donors (Lipinski definition) is 0. The van der Waals surface area contributed by atoms with Crippen LogP contribution >= 0.6 is 0 Å². The van der Waals surface area contributed by atoms with Gasteiger partial charge in [0.1, 0.15) is 28.7 Å². The average Bonchev–Trinajstić information content (AvgIpc) is 3.17. The number of ether oxygens (including phenoxy) is 6. The minimum absolute atomic E-state index is 0.173. The molecule has 1 heterocycles. The molecule has 1 aliphatic rings. The quantitative estimate of drug-likeness (QED) is 0.0321. The van der Waals surface area contributed by atoms with E-state index >= 15 is 0 Å². The number of hydrogen-bond acceptors (Lipinski definition) is 8. The van der Waals surface area contributed by atoms with E-state index in [4.69, 9.17) is 28.4 Å². The van der Waals surface area contributed by atoms with E-state index in [-0.39, 0.29) is 5.41 Å². The molecule has 8 nitrogen and oxygen atoms in total. The molecule has 0 saturated carbocycles. The summed E-state index contributed by atoms with van der Waals surface area (Å²) < 4.78 is 34.5. The zero-order chi connectivity index (χ0) is 38.9. The highest BCUT2D eigenvalue weighted by Crippen LogP contribution is 2.33. The fourth-order valence-electron chi connectivity index (χ4n) is 6.26. The Morgan fingerprint density at radius 2 is 1.11 bits per heavy atom. The van der Waals surface area contributed by atoms with Crippen molar-refractivity contribution in [1.29, 1.82) is 0 Å². The van der Waals surface area contributed by atoms with Crippen LogP contribution in [0.1, 0.15) is 80.3 Å². The first kappa shape index (κ1) is 40.8. The molecule has 0 N–H and O–H groups in total. The highest BCUT2D eigenvalue weighted by molar-refractivity contribution is 5.91. The smallest absolute Gasteiger partial charge is 0.343 e. The van der Waals surface area contributed by atoms with Crippen molar-refractivity contribution >= 4 is 11.9 Å². The molecule has 8 heteroatoms. The lowest BCUT2D eigenvalue weighted by Crippen LogP contribution is -2.46. The van der Waals surface area contributed by atoms with E-state index in [1.807, 2.05) is 24.3 Å². The molecule has 0 unspecified atom stereocenters. The van der Waals surface area contributed by atoms with Crippen molar-refractivity contribution < 1.29 is 38.0 Å². The van der Waals surface area contributed by atoms with Crippen LogP contribution in [0.2, 0.25) is 0 Å². The Kier molecular flexibility index (Phi) is 15.5. The number of rotatable bonds is 23. The van der Waals surface area contributed by atoms with Crippen molar-refractivity contribution in [2.45, 2.75) is 71.6 Å². The summed E-state index contributed by atoms with van der Waals surface area (Å²) in [5.41, 5.74) is 4.26. The molecule has 1 saturated heterocycles. The van der Waals surface area contributed by atoms with E-state index in [2.05, 4.69) is 44.3 Å². The van der Waals surface area contributed by atoms with Crippen molar-refractivity contribution in [2.75, 3.05) is 33.0 Å². The third-order valence-electron chi connectivity index (χ3n) is 9.75. The number of esters is 2. The van der Waals surface area contributed by atoms with Crippen LogP contribution in [0.3, 0.4) is 0 Å². The summed E-state index contributed by atoms with van der Waals surface area (Å²) in [5.74, 6) is 2.37.